The van der Waals surface area contributed by atoms with Crippen molar-refractivity contribution in [1.82, 2.24) is 10.6 Å². The van der Waals surface area contributed by atoms with Crippen LogP contribution in [0.1, 0.15) is 37.7 Å². The lowest BCUT2D eigenvalue weighted by Crippen LogP contribution is -2.43. The lowest BCUT2D eigenvalue weighted by atomic mass is 9.95. The summed E-state index contributed by atoms with van der Waals surface area (Å²) in [6, 6.07) is 8.53. The van der Waals surface area contributed by atoms with Crippen LogP contribution in [0.15, 0.2) is 24.3 Å². The normalized spacial score (nSPS) is 21.6. The van der Waals surface area contributed by atoms with Crippen molar-refractivity contribution in [2.24, 2.45) is 0 Å². The van der Waals surface area contributed by atoms with Crippen molar-refractivity contribution in [3.05, 3.63) is 29.8 Å². The maximum atomic E-state index is 11.9. The van der Waals surface area contributed by atoms with Crippen LogP contribution in [-0.2, 0) is 11.2 Å². The van der Waals surface area contributed by atoms with E-state index in [4.69, 9.17) is 4.74 Å². The first-order chi connectivity index (χ1) is 10.3. The number of rotatable bonds is 5. The van der Waals surface area contributed by atoms with E-state index >= 15 is 0 Å². The number of benzene rings is 1. The fourth-order valence-corrected chi connectivity index (χ4v) is 3.24. The van der Waals surface area contributed by atoms with Gasteiger partial charge in [0, 0.05) is 19.0 Å². The van der Waals surface area contributed by atoms with E-state index in [9.17, 15) is 4.79 Å². The Kier molecular flexibility index (Phi) is 4.76. The summed E-state index contributed by atoms with van der Waals surface area (Å²) in [4.78, 5) is 11.9. The summed E-state index contributed by atoms with van der Waals surface area (Å²) < 4.78 is 5.84. The zero-order chi connectivity index (χ0) is 14.5. The third-order valence-electron chi connectivity index (χ3n) is 4.34. The first kappa shape index (κ1) is 14.4. The van der Waals surface area contributed by atoms with Crippen molar-refractivity contribution in [3.63, 3.8) is 0 Å². The number of hydrogen-bond donors (Lipinski definition) is 2. The molecule has 0 radical (unpaired) electrons. The fourth-order valence-electron chi connectivity index (χ4n) is 3.24. The summed E-state index contributed by atoms with van der Waals surface area (Å²) in [6.07, 6.45) is 7.13. The fraction of sp³-hybridized carbons (Fsp3) is 0.588. The van der Waals surface area contributed by atoms with E-state index in [0.29, 0.717) is 19.1 Å². The minimum absolute atomic E-state index is 0.109. The monoisotopic (exact) mass is 288 g/mol. The molecule has 1 fully saturated rings. The maximum Gasteiger partial charge on any atom is 0.234 e. The van der Waals surface area contributed by atoms with Crippen molar-refractivity contribution < 1.29 is 9.53 Å². The number of para-hydroxylation sites is 1. The van der Waals surface area contributed by atoms with Gasteiger partial charge in [-0.05, 0) is 24.5 Å². The lowest BCUT2D eigenvalue weighted by Gasteiger charge is -2.23. The van der Waals surface area contributed by atoms with E-state index in [-0.39, 0.29) is 12.0 Å². The van der Waals surface area contributed by atoms with Crippen molar-refractivity contribution in [1.29, 1.82) is 0 Å². The molecule has 1 unspecified atom stereocenters. The number of ether oxygens (including phenoxy) is 1. The van der Waals surface area contributed by atoms with Crippen LogP contribution >= 0.6 is 0 Å². The van der Waals surface area contributed by atoms with Crippen molar-refractivity contribution in [3.8, 4) is 5.75 Å². The largest absolute Gasteiger partial charge is 0.488 e. The van der Waals surface area contributed by atoms with Crippen LogP contribution in [0, 0.1) is 0 Å². The highest BCUT2D eigenvalue weighted by molar-refractivity contribution is 5.78. The Morgan fingerprint density at radius 1 is 1.19 bits per heavy atom. The Bertz CT molecular complexity index is 458. The molecule has 1 aliphatic heterocycles. The predicted octanol–water partition coefficient (Wildman–Crippen LogP) is 2.03. The van der Waals surface area contributed by atoms with Gasteiger partial charge in [0.25, 0.3) is 0 Å². The van der Waals surface area contributed by atoms with Gasteiger partial charge in [0.2, 0.25) is 5.91 Å². The molecule has 1 aromatic carbocycles. The molecule has 2 aliphatic rings. The molecule has 0 bridgehead atoms. The molecule has 4 nitrogen and oxygen atoms in total. The van der Waals surface area contributed by atoms with E-state index in [1.807, 2.05) is 18.2 Å². The van der Waals surface area contributed by atoms with E-state index < -0.39 is 0 Å². The Morgan fingerprint density at radius 2 is 2.00 bits per heavy atom. The molecule has 2 N–H and O–H groups in total. The molecule has 21 heavy (non-hydrogen) atoms. The third kappa shape index (κ3) is 3.97. The molecule has 1 amide bonds. The van der Waals surface area contributed by atoms with Gasteiger partial charge in [-0.25, -0.2) is 0 Å². The highest BCUT2D eigenvalue weighted by Crippen LogP contribution is 2.27. The van der Waals surface area contributed by atoms with E-state index in [0.717, 1.165) is 25.0 Å². The molecule has 1 aromatic rings. The Morgan fingerprint density at radius 3 is 2.81 bits per heavy atom. The molecule has 3 rings (SSSR count). The van der Waals surface area contributed by atoms with Gasteiger partial charge >= 0.3 is 0 Å². The number of hydrogen-bond acceptors (Lipinski definition) is 3. The Hall–Kier alpha value is -1.55. The quantitative estimate of drug-likeness (QED) is 0.871. The van der Waals surface area contributed by atoms with Gasteiger partial charge in [-0.2, -0.15) is 0 Å². The van der Waals surface area contributed by atoms with Crippen molar-refractivity contribution >= 4 is 5.91 Å². The predicted molar refractivity (Wildman–Crippen MR) is 82.4 cm³/mol. The molecular formula is C17H24N2O2. The number of fused-ring (bicyclic) bond motifs is 1. The van der Waals surface area contributed by atoms with E-state index in [2.05, 4.69) is 16.7 Å². The summed E-state index contributed by atoms with van der Waals surface area (Å²) in [5.41, 5.74) is 1.26. The molecule has 1 aliphatic carbocycles. The van der Waals surface area contributed by atoms with Crippen LogP contribution in [0.3, 0.4) is 0 Å². The molecule has 0 saturated heterocycles. The van der Waals surface area contributed by atoms with Gasteiger partial charge < -0.3 is 15.4 Å². The maximum absolute atomic E-state index is 11.9. The topological polar surface area (TPSA) is 50.4 Å². The lowest BCUT2D eigenvalue weighted by molar-refractivity contribution is -0.121. The van der Waals surface area contributed by atoms with Crippen LogP contribution < -0.4 is 15.4 Å². The molecular weight excluding hydrogens is 264 g/mol. The average Bonchev–Trinajstić information content (AvgIpc) is 2.91. The zero-order valence-electron chi connectivity index (χ0n) is 12.4. The van der Waals surface area contributed by atoms with Crippen LogP contribution in [0.2, 0.25) is 0 Å². The molecule has 1 saturated carbocycles. The van der Waals surface area contributed by atoms with E-state index in [1.54, 1.807) is 0 Å². The van der Waals surface area contributed by atoms with Crippen LogP contribution in [0.5, 0.6) is 5.75 Å². The molecule has 4 heteroatoms. The van der Waals surface area contributed by atoms with Crippen molar-refractivity contribution in [2.75, 3.05) is 13.1 Å². The SMILES string of the molecule is O=C(CNCC1Cc2ccccc2O1)NC1CCCCC1. The zero-order valence-corrected chi connectivity index (χ0v) is 12.4. The highest BCUT2D eigenvalue weighted by Gasteiger charge is 2.22. The smallest absolute Gasteiger partial charge is 0.234 e. The second-order valence-electron chi connectivity index (χ2n) is 6.09. The van der Waals surface area contributed by atoms with Crippen LogP contribution in [-0.4, -0.2) is 31.1 Å². The van der Waals surface area contributed by atoms with Gasteiger partial charge in [-0.1, -0.05) is 37.5 Å². The highest BCUT2D eigenvalue weighted by atomic mass is 16.5. The molecule has 0 aromatic heterocycles. The number of amides is 1. The standard InChI is InChI=1S/C17H24N2O2/c20-17(19-14-7-2-1-3-8-14)12-18-11-15-10-13-6-4-5-9-16(13)21-15/h4-6,9,14-15,18H,1-3,7-8,10-12H2,(H,19,20). The van der Waals surface area contributed by atoms with Crippen LogP contribution in [0.25, 0.3) is 0 Å². The first-order valence-corrected chi connectivity index (χ1v) is 8.06. The average molecular weight is 288 g/mol. The summed E-state index contributed by atoms with van der Waals surface area (Å²) in [6.45, 7) is 1.10. The molecule has 0 spiro atoms. The summed E-state index contributed by atoms with van der Waals surface area (Å²) in [5, 5.41) is 6.33. The van der Waals surface area contributed by atoms with E-state index in [1.165, 1.54) is 24.8 Å². The Balaban J connectivity index is 1.34. The number of carbonyl (C=O) groups excluding carboxylic acids is 1. The van der Waals surface area contributed by atoms with Crippen molar-refractivity contribution in [2.45, 2.75) is 50.7 Å². The number of carbonyl (C=O) groups is 1. The van der Waals surface area contributed by atoms with Gasteiger partial charge in [-0.3, -0.25) is 4.79 Å². The minimum atomic E-state index is 0.109. The number of nitrogens with one attached hydrogen (secondary N) is 2. The second-order valence-corrected chi connectivity index (χ2v) is 6.09. The molecule has 1 heterocycles. The van der Waals surface area contributed by atoms with Gasteiger partial charge in [0.05, 0.1) is 6.54 Å². The third-order valence-corrected chi connectivity index (χ3v) is 4.34. The van der Waals surface area contributed by atoms with Gasteiger partial charge in [-0.15, -0.1) is 0 Å². The van der Waals surface area contributed by atoms with Gasteiger partial charge in [0.15, 0.2) is 0 Å². The summed E-state index contributed by atoms with van der Waals surface area (Å²) in [7, 11) is 0. The van der Waals surface area contributed by atoms with Crippen LogP contribution in [0.4, 0.5) is 0 Å². The summed E-state index contributed by atoms with van der Waals surface area (Å²) >= 11 is 0. The summed E-state index contributed by atoms with van der Waals surface area (Å²) in [5.74, 6) is 1.09. The van der Waals surface area contributed by atoms with Gasteiger partial charge in [0.1, 0.15) is 11.9 Å². The Labute approximate surface area is 126 Å². The second kappa shape index (κ2) is 6.94. The first-order valence-electron chi connectivity index (χ1n) is 8.06. The minimum Gasteiger partial charge on any atom is -0.488 e. The molecule has 1 atom stereocenters. The molecule has 114 valence electrons.